The van der Waals surface area contributed by atoms with Crippen LogP contribution in [-0.4, -0.2) is 30.3 Å². The van der Waals surface area contributed by atoms with Crippen LogP contribution in [0.25, 0.3) is 0 Å². The largest absolute Gasteiger partial charge is 0.375 e. The van der Waals surface area contributed by atoms with Crippen molar-refractivity contribution < 1.29 is 14.3 Å². The maximum absolute atomic E-state index is 11.6. The van der Waals surface area contributed by atoms with E-state index in [-0.39, 0.29) is 30.1 Å². The van der Waals surface area contributed by atoms with Crippen LogP contribution in [0.2, 0.25) is 0 Å². The molecule has 17 heavy (non-hydrogen) atoms. The predicted octanol–water partition coefficient (Wildman–Crippen LogP) is 0.973. The summed E-state index contributed by atoms with van der Waals surface area (Å²) in [5.41, 5.74) is 2.16. The molecule has 0 spiro atoms. The highest BCUT2D eigenvalue weighted by atomic mass is 16.5. The molecule has 1 rings (SSSR count). The van der Waals surface area contributed by atoms with Crippen molar-refractivity contribution in [3.63, 3.8) is 0 Å². The number of carbonyl (C=O) groups excluding carboxylic acids is 1. The summed E-state index contributed by atoms with van der Waals surface area (Å²) in [7, 11) is 0. The average Bonchev–Trinajstić information content (AvgIpc) is 2.23. The first-order valence-electron chi connectivity index (χ1n) is 6.25. The zero-order chi connectivity index (χ0) is 13.0. The summed E-state index contributed by atoms with van der Waals surface area (Å²) in [6, 6.07) is 0. The summed E-state index contributed by atoms with van der Waals surface area (Å²) in [5.74, 6) is 5.01. The van der Waals surface area contributed by atoms with E-state index in [4.69, 9.17) is 15.3 Å². The Hall–Kier alpha value is -0.650. The molecule has 3 N–H and O–H groups in total. The lowest BCUT2D eigenvalue weighted by Gasteiger charge is -2.34. The lowest BCUT2D eigenvalue weighted by atomic mass is 10.0. The molecule has 0 aromatic rings. The van der Waals surface area contributed by atoms with Crippen LogP contribution >= 0.6 is 0 Å². The number of hydrogen-bond donors (Lipinski definition) is 2. The van der Waals surface area contributed by atoms with Crippen molar-refractivity contribution in [1.82, 2.24) is 5.43 Å². The molecule has 0 saturated carbocycles. The smallest absolute Gasteiger partial charge is 0.263 e. The van der Waals surface area contributed by atoms with E-state index in [9.17, 15) is 4.79 Å². The lowest BCUT2D eigenvalue weighted by Crippen LogP contribution is -2.46. The van der Waals surface area contributed by atoms with Crippen molar-refractivity contribution in [2.75, 3.05) is 0 Å². The van der Waals surface area contributed by atoms with E-state index in [1.807, 2.05) is 27.7 Å². The van der Waals surface area contributed by atoms with Gasteiger partial charge < -0.3 is 9.47 Å². The SMILES string of the molecule is CC1CC(OC(C(=O)NN)C(C)C)CC(C)O1. The first-order chi connectivity index (χ1) is 7.93. The second kappa shape index (κ2) is 6.33. The first kappa shape index (κ1) is 14.4. The van der Waals surface area contributed by atoms with Gasteiger partial charge in [0.05, 0.1) is 18.3 Å². The van der Waals surface area contributed by atoms with E-state index in [0.717, 1.165) is 12.8 Å². The number of rotatable bonds is 4. The fourth-order valence-electron chi connectivity index (χ4n) is 2.27. The van der Waals surface area contributed by atoms with E-state index < -0.39 is 6.10 Å². The second-order valence-electron chi connectivity index (χ2n) is 5.16. The molecule has 0 aliphatic carbocycles. The molecule has 0 radical (unpaired) electrons. The van der Waals surface area contributed by atoms with Gasteiger partial charge in [-0.1, -0.05) is 13.8 Å². The van der Waals surface area contributed by atoms with Gasteiger partial charge in [0.1, 0.15) is 6.10 Å². The van der Waals surface area contributed by atoms with Crippen LogP contribution in [0.4, 0.5) is 0 Å². The van der Waals surface area contributed by atoms with Gasteiger partial charge in [0, 0.05) is 0 Å². The Morgan fingerprint density at radius 3 is 2.29 bits per heavy atom. The summed E-state index contributed by atoms with van der Waals surface area (Å²) in [5, 5.41) is 0. The third-order valence-corrected chi connectivity index (χ3v) is 3.00. The number of carbonyl (C=O) groups is 1. The van der Waals surface area contributed by atoms with Gasteiger partial charge in [-0.25, -0.2) is 5.84 Å². The summed E-state index contributed by atoms with van der Waals surface area (Å²) in [6.45, 7) is 7.96. The third-order valence-electron chi connectivity index (χ3n) is 3.00. The Morgan fingerprint density at radius 2 is 1.88 bits per heavy atom. The summed E-state index contributed by atoms with van der Waals surface area (Å²) >= 11 is 0. The van der Waals surface area contributed by atoms with Crippen molar-refractivity contribution in [2.24, 2.45) is 11.8 Å². The molecule has 1 heterocycles. The van der Waals surface area contributed by atoms with Crippen LogP contribution in [-0.2, 0) is 14.3 Å². The normalized spacial score (nSPS) is 31.3. The van der Waals surface area contributed by atoms with Gasteiger partial charge in [0.15, 0.2) is 0 Å². The van der Waals surface area contributed by atoms with Crippen molar-refractivity contribution in [3.05, 3.63) is 0 Å². The molecule has 5 heteroatoms. The molecule has 5 nitrogen and oxygen atoms in total. The minimum absolute atomic E-state index is 0.0680. The topological polar surface area (TPSA) is 73.6 Å². The van der Waals surface area contributed by atoms with Gasteiger partial charge in [0.25, 0.3) is 5.91 Å². The molecule has 0 bridgehead atoms. The highest BCUT2D eigenvalue weighted by Gasteiger charge is 2.31. The maximum Gasteiger partial charge on any atom is 0.263 e. The minimum Gasteiger partial charge on any atom is -0.375 e. The van der Waals surface area contributed by atoms with Gasteiger partial charge in [0.2, 0.25) is 0 Å². The molecule has 0 aromatic heterocycles. The molecule has 1 fully saturated rings. The molecule has 1 aliphatic rings. The Bertz CT molecular complexity index is 248. The Labute approximate surface area is 103 Å². The Morgan fingerprint density at radius 1 is 1.35 bits per heavy atom. The van der Waals surface area contributed by atoms with Gasteiger partial charge >= 0.3 is 0 Å². The van der Waals surface area contributed by atoms with Gasteiger partial charge in [-0.05, 0) is 32.6 Å². The van der Waals surface area contributed by atoms with Crippen molar-refractivity contribution in [3.8, 4) is 0 Å². The standard InChI is InChI=1S/C12H24N2O3/c1-7(2)11(12(15)14-13)17-10-5-8(3)16-9(4)6-10/h7-11H,5-6,13H2,1-4H3,(H,14,15). The van der Waals surface area contributed by atoms with Gasteiger partial charge in [-0.15, -0.1) is 0 Å². The van der Waals surface area contributed by atoms with E-state index >= 15 is 0 Å². The number of nitrogens with two attached hydrogens (primary N) is 1. The van der Waals surface area contributed by atoms with Crippen molar-refractivity contribution in [2.45, 2.75) is 65.0 Å². The van der Waals surface area contributed by atoms with Crippen LogP contribution in [0.1, 0.15) is 40.5 Å². The fourth-order valence-corrected chi connectivity index (χ4v) is 2.27. The summed E-state index contributed by atoms with van der Waals surface area (Å²) in [6.07, 6.45) is 1.59. The molecule has 3 atom stereocenters. The average molecular weight is 244 g/mol. The lowest BCUT2D eigenvalue weighted by molar-refractivity contribution is -0.155. The Balaban J connectivity index is 2.57. The number of nitrogens with one attached hydrogen (secondary N) is 1. The molecule has 0 aromatic carbocycles. The van der Waals surface area contributed by atoms with E-state index in [0.29, 0.717) is 0 Å². The maximum atomic E-state index is 11.6. The van der Waals surface area contributed by atoms with Crippen LogP contribution < -0.4 is 11.3 Å². The highest BCUT2D eigenvalue weighted by Crippen LogP contribution is 2.24. The van der Waals surface area contributed by atoms with Crippen LogP contribution in [0.15, 0.2) is 0 Å². The second-order valence-corrected chi connectivity index (χ2v) is 5.16. The molecular formula is C12H24N2O3. The number of ether oxygens (including phenoxy) is 2. The van der Waals surface area contributed by atoms with Crippen LogP contribution in [0, 0.1) is 5.92 Å². The Kier molecular flexibility index (Phi) is 5.36. The predicted molar refractivity (Wildman–Crippen MR) is 65.1 cm³/mol. The van der Waals surface area contributed by atoms with E-state index in [1.54, 1.807) is 0 Å². The van der Waals surface area contributed by atoms with Gasteiger partial charge in [-0.2, -0.15) is 0 Å². The molecular weight excluding hydrogens is 220 g/mol. The minimum atomic E-state index is -0.484. The molecule has 1 saturated heterocycles. The zero-order valence-electron chi connectivity index (χ0n) is 11.1. The third kappa shape index (κ3) is 4.26. The number of hydrazine groups is 1. The summed E-state index contributed by atoms with van der Waals surface area (Å²) < 4.78 is 11.5. The summed E-state index contributed by atoms with van der Waals surface area (Å²) in [4.78, 5) is 11.6. The fraction of sp³-hybridized carbons (Fsp3) is 0.917. The first-order valence-corrected chi connectivity index (χ1v) is 6.25. The van der Waals surface area contributed by atoms with E-state index in [1.165, 1.54) is 0 Å². The molecule has 1 amide bonds. The quantitative estimate of drug-likeness (QED) is 0.439. The monoisotopic (exact) mass is 244 g/mol. The molecule has 100 valence electrons. The highest BCUT2D eigenvalue weighted by molar-refractivity contribution is 5.80. The molecule has 1 aliphatic heterocycles. The van der Waals surface area contributed by atoms with E-state index in [2.05, 4.69) is 5.43 Å². The van der Waals surface area contributed by atoms with Crippen LogP contribution in [0.5, 0.6) is 0 Å². The number of amides is 1. The van der Waals surface area contributed by atoms with Crippen LogP contribution in [0.3, 0.4) is 0 Å². The van der Waals surface area contributed by atoms with Crippen molar-refractivity contribution >= 4 is 5.91 Å². The van der Waals surface area contributed by atoms with Gasteiger partial charge in [-0.3, -0.25) is 10.2 Å². The molecule has 3 unspecified atom stereocenters. The van der Waals surface area contributed by atoms with Crippen molar-refractivity contribution in [1.29, 1.82) is 0 Å². The number of hydrogen-bond acceptors (Lipinski definition) is 4. The zero-order valence-corrected chi connectivity index (χ0v) is 11.1.